The van der Waals surface area contributed by atoms with Crippen LogP contribution in [0.5, 0.6) is 5.75 Å². The maximum Gasteiger partial charge on any atom is 0.167 e. The molecule has 0 spiro atoms. The van der Waals surface area contributed by atoms with Crippen molar-refractivity contribution in [3.05, 3.63) is 59.7 Å². The van der Waals surface area contributed by atoms with Crippen molar-refractivity contribution in [1.82, 2.24) is 9.97 Å². The molecule has 4 nitrogen and oxygen atoms in total. The van der Waals surface area contributed by atoms with Crippen LogP contribution in [0.25, 0.3) is 10.9 Å². The van der Waals surface area contributed by atoms with E-state index >= 15 is 0 Å². The molecule has 3 rings (SSSR count). The molecule has 124 valence electrons. The highest BCUT2D eigenvalue weighted by Crippen LogP contribution is 2.29. The summed E-state index contributed by atoms with van der Waals surface area (Å²) in [6.45, 7) is 0.295. The molecule has 0 unspecified atom stereocenters. The Kier molecular flexibility index (Phi) is 4.24. The SMILES string of the molecule is COc1cc2c(N(C)Cc3ccc(F)c(F)c3)ncnc2cc1F. The van der Waals surface area contributed by atoms with Crippen molar-refractivity contribution in [3.63, 3.8) is 0 Å². The van der Waals surface area contributed by atoms with Crippen LogP contribution >= 0.6 is 0 Å². The number of nitrogens with zero attached hydrogens (tertiary/aromatic N) is 3. The predicted molar refractivity (Wildman–Crippen MR) is 84.5 cm³/mol. The monoisotopic (exact) mass is 333 g/mol. The van der Waals surface area contributed by atoms with E-state index in [-0.39, 0.29) is 5.75 Å². The Hall–Kier alpha value is -2.83. The van der Waals surface area contributed by atoms with Crippen LogP contribution in [0.15, 0.2) is 36.7 Å². The third-order valence-electron chi connectivity index (χ3n) is 3.65. The summed E-state index contributed by atoms with van der Waals surface area (Å²) in [6, 6.07) is 6.50. The summed E-state index contributed by atoms with van der Waals surface area (Å²) in [6.07, 6.45) is 1.32. The number of hydrogen-bond acceptors (Lipinski definition) is 4. The molecule has 0 aliphatic heterocycles. The van der Waals surface area contributed by atoms with Gasteiger partial charge in [-0.2, -0.15) is 0 Å². The predicted octanol–water partition coefficient (Wildman–Crippen LogP) is 3.69. The first kappa shape index (κ1) is 16.0. The van der Waals surface area contributed by atoms with Crippen LogP contribution in [0.1, 0.15) is 5.56 Å². The Balaban J connectivity index is 1.99. The van der Waals surface area contributed by atoms with Gasteiger partial charge in [0.2, 0.25) is 0 Å². The Bertz CT molecular complexity index is 902. The first-order valence-electron chi connectivity index (χ1n) is 7.13. The summed E-state index contributed by atoms with van der Waals surface area (Å²) >= 11 is 0. The van der Waals surface area contributed by atoms with Crippen LogP contribution in [-0.4, -0.2) is 24.1 Å². The molecule has 0 saturated carbocycles. The molecule has 24 heavy (non-hydrogen) atoms. The minimum atomic E-state index is -0.905. The highest BCUT2D eigenvalue weighted by molar-refractivity contribution is 5.90. The maximum absolute atomic E-state index is 13.8. The molecule has 2 aromatic carbocycles. The third kappa shape index (κ3) is 2.97. The average Bonchev–Trinajstić information content (AvgIpc) is 2.56. The maximum atomic E-state index is 13.8. The summed E-state index contributed by atoms with van der Waals surface area (Å²) in [7, 11) is 3.12. The topological polar surface area (TPSA) is 38.2 Å². The third-order valence-corrected chi connectivity index (χ3v) is 3.65. The molecule has 0 atom stereocenters. The largest absolute Gasteiger partial charge is 0.494 e. The fourth-order valence-corrected chi connectivity index (χ4v) is 2.49. The van der Waals surface area contributed by atoms with Gasteiger partial charge in [-0.05, 0) is 23.8 Å². The zero-order valence-corrected chi connectivity index (χ0v) is 13.1. The number of methoxy groups -OCH3 is 1. The Morgan fingerprint density at radius 1 is 1.00 bits per heavy atom. The zero-order chi connectivity index (χ0) is 17.3. The van der Waals surface area contributed by atoms with Crippen molar-refractivity contribution in [3.8, 4) is 5.75 Å². The van der Waals surface area contributed by atoms with Gasteiger partial charge < -0.3 is 9.64 Å². The Labute approximate surface area is 136 Å². The van der Waals surface area contributed by atoms with Gasteiger partial charge in [-0.25, -0.2) is 23.1 Å². The van der Waals surface area contributed by atoms with E-state index in [0.717, 1.165) is 12.1 Å². The first-order chi connectivity index (χ1) is 11.5. The van der Waals surface area contributed by atoms with Crippen LogP contribution in [-0.2, 0) is 6.54 Å². The lowest BCUT2D eigenvalue weighted by Gasteiger charge is -2.20. The molecule has 0 N–H and O–H groups in total. The highest BCUT2D eigenvalue weighted by Gasteiger charge is 2.14. The van der Waals surface area contributed by atoms with Crippen molar-refractivity contribution in [2.45, 2.75) is 6.54 Å². The van der Waals surface area contributed by atoms with Gasteiger partial charge in [-0.1, -0.05) is 6.07 Å². The molecule has 0 amide bonds. The number of fused-ring (bicyclic) bond motifs is 1. The molecule has 1 aromatic heterocycles. The molecule has 0 radical (unpaired) electrons. The lowest BCUT2D eigenvalue weighted by Crippen LogP contribution is -2.18. The number of aromatic nitrogens is 2. The van der Waals surface area contributed by atoms with Crippen LogP contribution in [0, 0.1) is 17.5 Å². The van der Waals surface area contributed by atoms with E-state index in [9.17, 15) is 13.2 Å². The summed E-state index contributed by atoms with van der Waals surface area (Å²) in [5.41, 5.74) is 1.01. The Morgan fingerprint density at radius 2 is 1.79 bits per heavy atom. The number of halogens is 3. The molecule has 3 aromatic rings. The van der Waals surface area contributed by atoms with Crippen molar-refractivity contribution in [2.24, 2.45) is 0 Å². The van der Waals surface area contributed by atoms with Crippen molar-refractivity contribution >= 4 is 16.7 Å². The summed E-state index contributed by atoms with van der Waals surface area (Å²) in [4.78, 5) is 10.0. The first-order valence-corrected chi connectivity index (χ1v) is 7.13. The number of benzene rings is 2. The second-order valence-electron chi connectivity index (χ2n) is 5.31. The Morgan fingerprint density at radius 3 is 2.50 bits per heavy atom. The van der Waals surface area contributed by atoms with E-state index < -0.39 is 17.5 Å². The molecule has 0 fully saturated rings. The molecule has 0 saturated heterocycles. The van der Waals surface area contributed by atoms with Gasteiger partial charge in [0.15, 0.2) is 23.2 Å². The molecular formula is C17H14F3N3O. The second kappa shape index (κ2) is 6.35. The van der Waals surface area contributed by atoms with Gasteiger partial charge in [-0.3, -0.25) is 0 Å². The fourth-order valence-electron chi connectivity index (χ4n) is 2.49. The van der Waals surface area contributed by atoms with Crippen LogP contribution < -0.4 is 9.64 Å². The van der Waals surface area contributed by atoms with E-state index in [4.69, 9.17) is 4.74 Å². The average molecular weight is 333 g/mol. The molecule has 7 heteroatoms. The summed E-state index contributed by atoms with van der Waals surface area (Å²) in [5, 5.41) is 0.598. The molecule has 0 aliphatic rings. The quantitative estimate of drug-likeness (QED) is 0.730. The smallest absolute Gasteiger partial charge is 0.167 e. The van der Waals surface area contributed by atoms with Crippen molar-refractivity contribution in [1.29, 1.82) is 0 Å². The van der Waals surface area contributed by atoms with Gasteiger partial charge >= 0.3 is 0 Å². The van der Waals surface area contributed by atoms with Crippen LogP contribution in [0.3, 0.4) is 0 Å². The highest BCUT2D eigenvalue weighted by atomic mass is 19.2. The number of ether oxygens (including phenoxy) is 1. The zero-order valence-electron chi connectivity index (χ0n) is 13.1. The van der Waals surface area contributed by atoms with Gasteiger partial charge in [-0.15, -0.1) is 0 Å². The summed E-state index contributed by atoms with van der Waals surface area (Å²) in [5.74, 6) is -1.70. The van der Waals surface area contributed by atoms with Gasteiger partial charge in [0.1, 0.15) is 12.1 Å². The van der Waals surface area contributed by atoms with Crippen molar-refractivity contribution < 1.29 is 17.9 Å². The van der Waals surface area contributed by atoms with Crippen LogP contribution in [0.2, 0.25) is 0 Å². The molecule has 0 aliphatic carbocycles. The lowest BCUT2D eigenvalue weighted by atomic mass is 10.1. The van der Waals surface area contributed by atoms with E-state index in [1.807, 2.05) is 0 Å². The van der Waals surface area contributed by atoms with E-state index in [0.29, 0.717) is 28.8 Å². The molecule has 1 heterocycles. The van der Waals surface area contributed by atoms with Gasteiger partial charge in [0.25, 0.3) is 0 Å². The molecule has 0 bridgehead atoms. The fraction of sp³-hybridized carbons (Fsp3) is 0.176. The second-order valence-corrected chi connectivity index (χ2v) is 5.31. The minimum absolute atomic E-state index is 0.0831. The van der Waals surface area contributed by atoms with Gasteiger partial charge in [0, 0.05) is 25.0 Å². The van der Waals surface area contributed by atoms with Gasteiger partial charge in [0.05, 0.1) is 12.6 Å². The number of rotatable bonds is 4. The van der Waals surface area contributed by atoms with Crippen LogP contribution in [0.4, 0.5) is 19.0 Å². The number of anilines is 1. The normalized spacial score (nSPS) is 10.9. The number of hydrogen-bond donors (Lipinski definition) is 0. The summed E-state index contributed by atoms with van der Waals surface area (Å²) < 4.78 is 45.2. The van der Waals surface area contributed by atoms with Crippen molar-refractivity contribution in [2.75, 3.05) is 19.1 Å². The molecular weight excluding hydrogens is 319 g/mol. The standard InChI is InChI=1S/C17H14F3N3O/c1-23(8-10-3-4-12(18)13(19)5-10)17-11-6-16(24-2)14(20)7-15(11)21-9-22-17/h3-7,9H,8H2,1-2H3. The van der Waals surface area contributed by atoms with E-state index in [1.54, 1.807) is 11.9 Å². The lowest BCUT2D eigenvalue weighted by molar-refractivity contribution is 0.387. The minimum Gasteiger partial charge on any atom is -0.494 e. The van der Waals surface area contributed by atoms with E-state index in [2.05, 4.69) is 9.97 Å². The van der Waals surface area contributed by atoms with E-state index in [1.165, 1.54) is 31.6 Å².